The van der Waals surface area contributed by atoms with Gasteiger partial charge >= 0.3 is 0 Å². The highest BCUT2D eigenvalue weighted by molar-refractivity contribution is 6.33. The molecule has 0 aliphatic rings. The van der Waals surface area contributed by atoms with Crippen molar-refractivity contribution in [2.75, 3.05) is 12.8 Å². The molecule has 0 bridgehead atoms. The monoisotopic (exact) mass is 307 g/mol. The Labute approximate surface area is 130 Å². The van der Waals surface area contributed by atoms with E-state index in [1.54, 1.807) is 7.11 Å². The standard InChI is InChI=1S/C16H22ClN3O/c1-6-12-19-14(15(18)20(12)16(2,3)4)13-10(17)8-7-9-11(13)21-5/h7-9H,6,18H2,1-5H3. The first kappa shape index (κ1) is 15.7. The van der Waals surface area contributed by atoms with Crippen molar-refractivity contribution in [3.8, 4) is 17.0 Å². The summed E-state index contributed by atoms with van der Waals surface area (Å²) in [7, 11) is 1.62. The fourth-order valence-corrected chi connectivity index (χ4v) is 2.81. The number of rotatable bonds is 3. The Bertz CT molecular complexity index is 656. The Morgan fingerprint density at radius 1 is 1.33 bits per heavy atom. The molecule has 0 atom stereocenters. The Kier molecular flexibility index (Phi) is 4.19. The number of imidazole rings is 1. The van der Waals surface area contributed by atoms with Crippen LogP contribution in [0.5, 0.6) is 5.75 Å². The van der Waals surface area contributed by atoms with Gasteiger partial charge in [0.2, 0.25) is 0 Å². The van der Waals surface area contributed by atoms with E-state index >= 15 is 0 Å². The zero-order valence-electron chi connectivity index (χ0n) is 13.2. The summed E-state index contributed by atoms with van der Waals surface area (Å²) in [6, 6.07) is 5.53. The number of nitrogens with zero attached hydrogens (tertiary/aromatic N) is 2. The molecule has 0 saturated carbocycles. The fraction of sp³-hybridized carbons (Fsp3) is 0.438. The molecule has 0 unspecified atom stereocenters. The van der Waals surface area contributed by atoms with Gasteiger partial charge in [-0.1, -0.05) is 24.6 Å². The van der Waals surface area contributed by atoms with Crippen LogP contribution in [0, 0.1) is 0 Å². The lowest BCUT2D eigenvalue weighted by atomic mass is 10.1. The minimum Gasteiger partial charge on any atom is -0.496 e. The lowest BCUT2D eigenvalue weighted by Crippen LogP contribution is -2.25. The second-order valence-corrected chi connectivity index (χ2v) is 6.35. The third kappa shape index (κ3) is 2.72. The maximum Gasteiger partial charge on any atom is 0.132 e. The molecule has 21 heavy (non-hydrogen) atoms. The average Bonchev–Trinajstić information content (AvgIpc) is 2.75. The first-order valence-electron chi connectivity index (χ1n) is 7.01. The summed E-state index contributed by atoms with van der Waals surface area (Å²) in [4.78, 5) is 4.71. The van der Waals surface area contributed by atoms with Gasteiger partial charge in [0.1, 0.15) is 23.1 Å². The minimum atomic E-state index is -0.144. The predicted octanol–water partition coefficient (Wildman–Crippen LogP) is 4.11. The second-order valence-electron chi connectivity index (χ2n) is 5.94. The third-order valence-corrected chi connectivity index (χ3v) is 3.72. The fourth-order valence-electron chi connectivity index (χ4n) is 2.56. The lowest BCUT2D eigenvalue weighted by molar-refractivity contribution is 0.389. The van der Waals surface area contributed by atoms with Gasteiger partial charge in [-0.05, 0) is 32.9 Å². The van der Waals surface area contributed by atoms with Crippen LogP contribution in [0.15, 0.2) is 18.2 Å². The van der Waals surface area contributed by atoms with Crippen molar-refractivity contribution in [2.45, 2.75) is 39.7 Å². The highest BCUT2D eigenvalue weighted by Crippen LogP contribution is 2.40. The van der Waals surface area contributed by atoms with Crippen LogP contribution in [-0.2, 0) is 12.0 Å². The Balaban J connectivity index is 2.75. The van der Waals surface area contributed by atoms with Crippen molar-refractivity contribution in [3.05, 3.63) is 29.0 Å². The molecule has 4 nitrogen and oxygen atoms in total. The molecular formula is C16H22ClN3O. The molecule has 2 N–H and O–H groups in total. The van der Waals surface area contributed by atoms with Gasteiger partial charge in [0, 0.05) is 12.0 Å². The van der Waals surface area contributed by atoms with Crippen molar-refractivity contribution >= 4 is 17.4 Å². The van der Waals surface area contributed by atoms with Crippen molar-refractivity contribution in [3.63, 3.8) is 0 Å². The molecule has 1 aromatic carbocycles. The van der Waals surface area contributed by atoms with Crippen molar-refractivity contribution < 1.29 is 4.74 Å². The molecule has 114 valence electrons. The van der Waals surface area contributed by atoms with Crippen LogP contribution >= 0.6 is 11.6 Å². The number of aromatic nitrogens is 2. The number of benzene rings is 1. The van der Waals surface area contributed by atoms with E-state index in [0.29, 0.717) is 22.3 Å². The van der Waals surface area contributed by atoms with E-state index in [1.165, 1.54) is 0 Å². The van der Waals surface area contributed by atoms with Crippen LogP contribution in [0.4, 0.5) is 5.82 Å². The van der Waals surface area contributed by atoms with Crippen molar-refractivity contribution in [2.24, 2.45) is 0 Å². The summed E-state index contributed by atoms with van der Waals surface area (Å²) >= 11 is 6.35. The van der Waals surface area contributed by atoms with Crippen LogP contribution < -0.4 is 10.5 Å². The highest BCUT2D eigenvalue weighted by atomic mass is 35.5. The van der Waals surface area contributed by atoms with Crippen LogP contribution in [0.3, 0.4) is 0 Å². The maximum atomic E-state index is 6.38. The average molecular weight is 308 g/mol. The SMILES string of the molecule is CCc1nc(-c2c(Cl)cccc2OC)c(N)n1C(C)(C)C. The molecule has 2 aromatic rings. The van der Waals surface area contributed by atoms with Gasteiger partial charge in [0.25, 0.3) is 0 Å². The first-order valence-corrected chi connectivity index (χ1v) is 7.39. The van der Waals surface area contributed by atoms with E-state index in [2.05, 4.69) is 32.3 Å². The molecule has 0 aliphatic carbocycles. The Morgan fingerprint density at radius 2 is 2.00 bits per heavy atom. The van der Waals surface area contributed by atoms with E-state index in [1.807, 2.05) is 18.2 Å². The van der Waals surface area contributed by atoms with Crippen LogP contribution in [0.1, 0.15) is 33.5 Å². The summed E-state index contributed by atoms with van der Waals surface area (Å²) in [6.45, 7) is 8.39. The number of aryl methyl sites for hydroxylation is 1. The summed E-state index contributed by atoms with van der Waals surface area (Å²) in [5, 5.41) is 0.585. The molecule has 1 aromatic heterocycles. The number of hydrogen-bond acceptors (Lipinski definition) is 3. The molecular weight excluding hydrogens is 286 g/mol. The van der Waals surface area contributed by atoms with Gasteiger partial charge in [-0.25, -0.2) is 4.98 Å². The van der Waals surface area contributed by atoms with Crippen LogP contribution in [0.2, 0.25) is 5.02 Å². The summed E-state index contributed by atoms with van der Waals surface area (Å²) < 4.78 is 7.48. The maximum absolute atomic E-state index is 6.38. The normalized spacial score (nSPS) is 11.7. The van der Waals surface area contributed by atoms with E-state index in [-0.39, 0.29) is 5.54 Å². The predicted molar refractivity (Wildman–Crippen MR) is 88.0 cm³/mol. The van der Waals surface area contributed by atoms with Gasteiger partial charge in [-0.15, -0.1) is 0 Å². The molecule has 0 fully saturated rings. The minimum absolute atomic E-state index is 0.144. The van der Waals surface area contributed by atoms with Gasteiger partial charge in [0.15, 0.2) is 0 Å². The zero-order valence-corrected chi connectivity index (χ0v) is 14.0. The van der Waals surface area contributed by atoms with Gasteiger partial charge < -0.3 is 15.0 Å². The van der Waals surface area contributed by atoms with Gasteiger partial charge in [0.05, 0.1) is 17.7 Å². The molecule has 0 spiro atoms. The number of ether oxygens (including phenoxy) is 1. The largest absolute Gasteiger partial charge is 0.496 e. The topological polar surface area (TPSA) is 53.1 Å². The third-order valence-electron chi connectivity index (χ3n) is 3.40. The van der Waals surface area contributed by atoms with E-state index in [0.717, 1.165) is 17.8 Å². The molecule has 0 aliphatic heterocycles. The second kappa shape index (κ2) is 5.60. The molecule has 0 amide bonds. The Morgan fingerprint density at radius 3 is 2.48 bits per heavy atom. The summed E-state index contributed by atoms with van der Waals surface area (Å²) in [5.74, 6) is 2.23. The smallest absolute Gasteiger partial charge is 0.132 e. The highest BCUT2D eigenvalue weighted by Gasteiger charge is 2.26. The van der Waals surface area contributed by atoms with Crippen molar-refractivity contribution in [1.29, 1.82) is 0 Å². The number of nitrogens with two attached hydrogens (primary N) is 1. The number of anilines is 1. The summed E-state index contributed by atoms with van der Waals surface area (Å²) in [6.07, 6.45) is 0.800. The number of methoxy groups -OCH3 is 1. The Hall–Kier alpha value is -1.68. The quantitative estimate of drug-likeness (QED) is 0.928. The summed E-state index contributed by atoms with van der Waals surface area (Å²) in [5.41, 5.74) is 7.66. The molecule has 2 rings (SSSR count). The molecule has 1 heterocycles. The zero-order chi connectivity index (χ0) is 15.8. The lowest BCUT2D eigenvalue weighted by Gasteiger charge is -2.24. The number of halogens is 1. The van der Waals surface area contributed by atoms with E-state index in [4.69, 9.17) is 27.1 Å². The van der Waals surface area contributed by atoms with Gasteiger partial charge in [-0.3, -0.25) is 0 Å². The van der Waals surface area contributed by atoms with Gasteiger partial charge in [-0.2, -0.15) is 0 Å². The molecule has 0 saturated heterocycles. The molecule has 0 radical (unpaired) electrons. The van der Waals surface area contributed by atoms with E-state index in [9.17, 15) is 0 Å². The van der Waals surface area contributed by atoms with Crippen molar-refractivity contribution in [1.82, 2.24) is 9.55 Å². The number of nitrogen functional groups attached to an aromatic ring is 1. The number of hydrogen-bond donors (Lipinski definition) is 1. The van der Waals surface area contributed by atoms with Crippen LogP contribution in [0.25, 0.3) is 11.3 Å². The first-order chi connectivity index (χ1) is 9.81. The van der Waals surface area contributed by atoms with E-state index < -0.39 is 0 Å². The van der Waals surface area contributed by atoms with Crippen LogP contribution in [-0.4, -0.2) is 16.7 Å². The molecule has 5 heteroatoms.